The Bertz CT molecular complexity index is 914. The van der Waals surface area contributed by atoms with Crippen molar-refractivity contribution in [3.05, 3.63) is 62.9 Å². The lowest BCUT2D eigenvalue weighted by Gasteiger charge is -2.36. The second-order valence-corrected chi connectivity index (χ2v) is 8.26. The van der Waals surface area contributed by atoms with Gasteiger partial charge >= 0.3 is 0 Å². The van der Waals surface area contributed by atoms with Gasteiger partial charge in [0.25, 0.3) is 5.56 Å². The lowest BCUT2D eigenvalue weighted by Crippen LogP contribution is -2.45. The largest absolute Gasteiger partial charge is 0.365 e. The Labute approximate surface area is 165 Å². The Hall–Kier alpha value is -1.70. The molecule has 1 N–H and O–H groups in total. The minimum Gasteiger partial charge on any atom is -0.365 e. The van der Waals surface area contributed by atoms with Crippen molar-refractivity contribution >= 4 is 38.0 Å². The van der Waals surface area contributed by atoms with Crippen LogP contribution in [0.4, 0.5) is 5.82 Å². The van der Waals surface area contributed by atoms with E-state index >= 15 is 0 Å². The smallest absolute Gasteiger partial charge is 0.275 e. The normalized spacial score (nSPS) is 21.8. The molecular formula is C19H23BrN4OS. The third kappa shape index (κ3) is 4.16. The molecule has 0 saturated carbocycles. The van der Waals surface area contributed by atoms with Crippen LogP contribution in [0.2, 0.25) is 0 Å². The molecule has 0 aliphatic carbocycles. The third-order valence-corrected chi connectivity index (χ3v) is 5.99. The average Bonchev–Trinajstić information content (AvgIpc) is 3.07. The summed E-state index contributed by atoms with van der Waals surface area (Å²) < 4.78 is 2.04. The SMILES string of the molecule is C=C(/C=C\C=C/C)[C@H]1C[C@@H](Nc2nc3sccn3c(=O)c2Br)CN(C)C1. The number of likely N-dealkylation sites (N-methyl/N-ethyl adjacent to an activating group) is 1. The maximum atomic E-state index is 12.4. The fourth-order valence-corrected chi connectivity index (χ4v) is 4.37. The predicted octanol–water partition coefficient (Wildman–Crippen LogP) is 3.94. The molecule has 3 heterocycles. The van der Waals surface area contributed by atoms with Crippen molar-refractivity contribution in [2.24, 2.45) is 5.92 Å². The molecule has 3 rings (SSSR count). The monoisotopic (exact) mass is 434 g/mol. The van der Waals surface area contributed by atoms with Gasteiger partial charge in [-0.2, -0.15) is 0 Å². The number of aromatic nitrogens is 2. The highest BCUT2D eigenvalue weighted by molar-refractivity contribution is 9.10. The summed E-state index contributed by atoms with van der Waals surface area (Å²) in [5.41, 5.74) is 1.04. The zero-order chi connectivity index (χ0) is 18.7. The van der Waals surface area contributed by atoms with Crippen LogP contribution in [0.1, 0.15) is 13.3 Å². The van der Waals surface area contributed by atoms with Gasteiger partial charge in [-0.15, -0.1) is 11.3 Å². The number of hydrogen-bond donors (Lipinski definition) is 1. The van der Waals surface area contributed by atoms with Crippen LogP contribution in [-0.2, 0) is 0 Å². The number of piperidine rings is 1. The predicted molar refractivity (Wildman–Crippen MR) is 113 cm³/mol. The molecule has 0 aromatic carbocycles. The van der Waals surface area contributed by atoms with E-state index in [0.29, 0.717) is 21.2 Å². The van der Waals surface area contributed by atoms with Gasteiger partial charge in [-0.25, -0.2) is 4.98 Å². The summed E-state index contributed by atoms with van der Waals surface area (Å²) in [5, 5.41) is 5.34. The highest BCUT2D eigenvalue weighted by atomic mass is 79.9. The highest BCUT2D eigenvalue weighted by Gasteiger charge is 2.27. The molecule has 1 aliphatic rings. The van der Waals surface area contributed by atoms with Gasteiger partial charge in [0, 0.05) is 30.7 Å². The first-order chi connectivity index (χ1) is 12.5. The molecule has 2 aromatic heterocycles. The third-order valence-electron chi connectivity index (χ3n) is 4.52. The Morgan fingerprint density at radius 2 is 2.27 bits per heavy atom. The second-order valence-electron chi connectivity index (χ2n) is 6.59. The van der Waals surface area contributed by atoms with Crippen molar-refractivity contribution in [2.75, 3.05) is 25.5 Å². The van der Waals surface area contributed by atoms with Crippen molar-refractivity contribution in [3.63, 3.8) is 0 Å². The van der Waals surface area contributed by atoms with E-state index < -0.39 is 0 Å². The zero-order valence-corrected chi connectivity index (χ0v) is 17.4. The van der Waals surface area contributed by atoms with Crippen LogP contribution >= 0.6 is 27.3 Å². The van der Waals surface area contributed by atoms with E-state index in [1.165, 1.54) is 11.3 Å². The maximum absolute atomic E-state index is 12.4. The molecule has 7 heteroatoms. The van der Waals surface area contributed by atoms with Crippen LogP contribution in [0.5, 0.6) is 0 Å². The minimum atomic E-state index is -0.0850. The number of anilines is 1. The van der Waals surface area contributed by atoms with Crippen LogP contribution in [-0.4, -0.2) is 40.5 Å². The Morgan fingerprint density at radius 3 is 3.04 bits per heavy atom. The highest BCUT2D eigenvalue weighted by Crippen LogP contribution is 2.27. The van der Waals surface area contributed by atoms with E-state index in [0.717, 1.165) is 25.1 Å². The number of rotatable bonds is 5. The number of likely N-dealkylation sites (tertiary alicyclic amines) is 1. The van der Waals surface area contributed by atoms with Crippen LogP contribution in [0, 0.1) is 5.92 Å². The van der Waals surface area contributed by atoms with Crippen LogP contribution < -0.4 is 10.9 Å². The number of nitrogens with zero attached hydrogens (tertiary/aromatic N) is 3. The van der Waals surface area contributed by atoms with Gasteiger partial charge in [-0.1, -0.05) is 36.5 Å². The Balaban J connectivity index is 1.78. The average molecular weight is 435 g/mol. The van der Waals surface area contributed by atoms with Crippen LogP contribution in [0.3, 0.4) is 0 Å². The number of nitrogens with one attached hydrogen (secondary N) is 1. The van der Waals surface area contributed by atoms with Crippen molar-refractivity contribution in [1.29, 1.82) is 0 Å². The zero-order valence-electron chi connectivity index (χ0n) is 15.0. The van der Waals surface area contributed by atoms with E-state index in [1.807, 2.05) is 30.5 Å². The van der Waals surface area contributed by atoms with E-state index in [1.54, 1.807) is 10.6 Å². The number of halogens is 1. The Kier molecular flexibility index (Phi) is 6.11. The lowest BCUT2D eigenvalue weighted by molar-refractivity contribution is 0.218. The molecule has 1 aliphatic heterocycles. The number of fused-ring (bicyclic) bond motifs is 1. The van der Waals surface area contributed by atoms with Crippen molar-refractivity contribution in [2.45, 2.75) is 19.4 Å². The Morgan fingerprint density at radius 1 is 1.46 bits per heavy atom. The van der Waals surface area contributed by atoms with Gasteiger partial charge < -0.3 is 10.2 Å². The topological polar surface area (TPSA) is 49.6 Å². The number of allylic oxidation sites excluding steroid dienone is 4. The van der Waals surface area contributed by atoms with Crippen LogP contribution in [0.25, 0.3) is 4.96 Å². The van der Waals surface area contributed by atoms with E-state index in [4.69, 9.17) is 0 Å². The molecule has 0 unspecified atom stereocenters. The quantitative estimate of drug-likeness (QED) is 0.723. The molecule has 1 fully saturated rings. The molecule has 0 bridgehead atoms. The molecule has 0 spiro atoms. The van der Waals surface area contributed by atoms with E-state index in [9.17, 15) is 4.79 Å². The molecule has 0 radical (unpaired) electrons. The molecule has 2 aromatic rings. The van der Waals surface area contributed by atoms with E-state index in [-0.39, 0.29) is 11.6 Å². The molecule has 0 amide bonds. The molecule has 26 heavy (non-hydrogen) atoms. The summed E-state index contributed by atoms with van der Waals surface area (Å²) in [4.78, 5) is 20.0. The molecular weight excluding hydrogens is 412 g/mol. The molecule has 1 saturated heterocycles. The first-order valence-corrected chi connectivity index (χ1v) is 10.3. The van der Waals surface area contributed by atoms with Crippen molar-refractivity contribution in [3.8, 4) is 0 Å². The summed E-state index contributed by atoms with van der Waals surface area (Å²) >= 11 is 4.86. The second kappa shape index (κ2) is 8.33. The van der Waals surface area contributed by atoms with E-state index in [2.05, 4.69) is 50.8 Å². The maximum Gasteiger partial charge on any atom is 0.275 e. The first kappa shape index (κ1) is 19.1. The summed E-state index contributed by atoms with van der Waals surface area (Å²) in [6.07, 6.45) is 10.8. The first-order valence-electron chi connectivity index (χ1n) is 8.58. The van der Waals surface area contributed by atoms with Crippen LogP contribution in [0.15, 0.2) is 57.3 Å². The van der Waals surface area contributed by atoms with Gasteiger partial charge in [0.1, 0.15) is 10.3 Å². The summed E-state index contributed by atoms with van der Waals surface area (Å²) in [5.74, 6) is 0.990. The van der Waals surface area contributed by atoms with Crippen molar-refractivity contribution in [1.82, 2.24) is 14.3 Å². The molecule has 5 nitrogen and oxygen atoms in total. The van der Waals surface area contributed by atoms with Gasteiger partial charge in [-0.05, 0) is 42.2 Å². The fourth-order valence-electron chi connectivity index (χ4n) is 3.27. The standard InChI is InChI=1S/C19H23BrN4OS/c1-4-5-6-7-13(2)14-10-15(12-23(3)11-14)21-17-16(20)18(25)24-8-9-26-19(24)22-17/h4-9,14-15,21H,2,10-12H2,1,3H3/b5-4-,7-6-/t14-,15+/m0/s1. The van der Waals surface area contributed by atoms with Gasteiger partial charge in [0.05, 0.1) is 0 Å². The number of thiazole rings is 1. The van der Waals surface area contributed by atoms with Gasteiger partial charge in [0.15, 0.2) is 4.96 Å². The summed E-state index contributed by atoms with van der Waals surface area (Å²) in [6, 6.07) is 0.205. The minimum absolute atomic E-state index is 0.0850. The summed E-state index contributed by atoms with van der Waals surface area (Å²) in [7, 11) is 2.11. The lowest BCUT2D eigenvalue weighted by atomic mass is 9.88. The summed E-state index contributed by atoms with van der Waals surface area (Å²) in [6.45, 7) is 8.13. The van der Waals surface area contributed by atoms with Gasteiger partial charge in [0.2, 0.25) is 0 Å². The van der Waals surface area contributed by atoms with Gasteiger partial charge in [-0.3, -0.25) is 9.20 Å². The van der Waals surface area contributed by atoms with Crippen molar-refractivity contribution < 1.29 is 0 Å². The molecule has 138 valence electrons. The molecule has 2 atom stereocenters. The number of hydrogen-bond acceptors (Lipinski definition) is 5. The fraction of sp³-hybridized carbons (Fsp3) is 0.368.